The van der Waals surface area contributed by atoms with Gasteiger partial charge in [-0.25, -0.2) is 4.39 Å². The Morgan fingerprint density at radius 2 is 1.85 bits per heavy atom. The molecule has 3 nitrogen and oxygen atoms in total. The van der Waals surface area contributed by atoms with Crippen LogP contribution in [0, 0.1) is 11.7 Å². The Hall–Kier alpha value is -1.75. The third kappa shape index (κ3) is 5.16. The summed E-state index contributed by atoms with van der Waals surface area (Å²) in [4.78, 5) is 0. The molecule has 0 amide bonds. The number of nitrogens with one attached hydrogen (secondary N) is 1. The Bertz CT molecular complexity index is 717. The van der Waals surface area contributed by atoms with Crippen LogP contribution in [0.3, 0.4) is 0 Å². The van der Waals surface area contributed by atoms with Gasteiger partial charge in [-0.1, -0.05) is 42.5 Å². The van der Waals surface area contributed by atoms with E-state index in [1.807, 2.05) is 18.2 Å². The van der Waals surface area contributed by atoms with Crippen LogP contribution < -0.4 is 5.32 Å². The molecule has 4 heteroatoms. The van der Waals surface area contributed by atoms with Gasteiger partial charge in [-0.05, 0) is 68.8 Å². The number of aliphatic hydroxyl groups is 1. The van der Waals surface area contributed by atoms with Gasteiger partial charge >= 0.3 is 0 Å². The second kappa shape index (κ2) is 8.51. The van der Waals surface area contributed by atoms with Crippen LogP contribution in [0.2, 0.25) is 0 Å². The van der Waals surface area contributed by atoms with Crippen LogP contribution in [0.4, 0.5) is 4.39 Å². The first-order valence-electron chi connectivity index (χ1n) is 9.76. The third-order valence-electron chi connectivity index (χ3n) is 5.57. The van der Waals surface area contributed by atoms with E-state index in [1.165, 1.54) is 17.7 Å². The summed E-state index contributed by atoms with van der Waals surface area (Å²) >= 11 is 0. The Balaban J connectivity index is 1.72. The van der Waals surface area contributed by atoms with Crippen molar-refractivity contribution in [3.05, 3.63) is 71.5 Å². The lowest BCUT2D eigenvalue weighted by atomic mass is 9.71. The second-order valence-corrected chi connectivity index (χ2v) is 8.14. The van der Waals surface area contributed by atoms with Crippen molar-refractivity contribution in [3.8, 4) is 0 Å². The Kier molecular flexibility index (Phi) is 6.30. The minimum atomic E-state index is -1.00. The first-order valence-corrected chi connectivity index (χ1v) is 9.76. The van der Waals surface area contributed by atoms with Crippen molar-refractivity contribution < 1.29 is 14.2 Å². The molecule has 0 bridgehead atoms. The van der Waals surface area contributed by atoms with Gasteiger partial charge < -0.3 is 15.2 Å². The van der Waals surface area contributed by atoms with Gasteiger partial charge in [0, 0.05) is 13.2 Å². The highest BCUT2D eigenvalue weighted by molar-refractivity contribution is 5.25. The largest absolute Gasteiger partial charge is 0.385 e. The molecule has 0 radical (unpaired) electrons. The summed E-state index contributed by atoms with van der Waals surface area (Å²) in [5.41, 5.74) is 0.746. The summed E-state index contributed by atoms with van der Waals surface area (Å²) < 4.78 is 19.3. The number of rotatable bonds is 7. The minimum Gasteiger partial charge on any atom is -0.385 e. The second-order valence-electron chi connectivity index (χ2n) is 8.14. The summed E-state index contributed by atoms with van der Waals surface area (Å²) in [7, 11) is 0. The van der Waals surface area contributed by atoms with Crippen LogP contribution >= 0.6 is 0 Å². The molecule has 3 rings (SSSR count). The molecule has 2 N–H and O–H groups in total. The van der Waals surface area contributed by atoms with Crippen LogP contribution in [-0.2, 0) is 16.9 Å². The SMILES string of the molecule is CC1(C)CC(C(O)(CCNCc2ccccc2)c2ccc(F)cc2)CCO1. The molecule has 0 spiro atoms. The minimum absolute atomic E-state index is 0.0743. The lowest BCUT2D eigenvalue weighted by Crippen LogP contribution is -2.45. The number of halogens is 1. The summed E-state index contributed by atoms with van der Waals surface area (Å²) in [5.74, 6) is -0.208. The molecule has 1 aliphatic heterocycles. The van der Waals surface area contributed by atoms with Crippen LogP contribution in [-0.4, -0.2) is 23.9 Å². The number of hydrogen-bond donors (Lipinski definition) is 2. The zero-order chi connectivity index (χ0) is 19.3. The summed E-state index contributed by atoms with van der Waals surface area (Å²) in [6.07, 6.45) is 2.15. The topological polar surface area (TPSA) is 41.5 Å². The molecule has 0 aromatic heterocycles. The third-order valence-corrected chi connectivity index (χ3v) is 5.57. The van der Waals surface area contributed by atoms with Gasteiger partial charge in [0.2, 0.25) is 0 Å². The molecular formula is C23H30FNO2. The molecule has 2 aromatic rings. The van der Waals surface area contributed by atoms with Crippen LogP contribution in [0.25, 0.3) is 0 Å². The fourth-order valence-corrected chi connectivity index (χ4v) is 4.07. The Morgan fingerprint density at radius 3 is 2.52 bits per heavy atom. The Labute approximate surface area is 161 Å². The molecule has 0 aliphatic carbocycles. The fourth-order valence-electron chi connectivity index (χ4n) is 4.07. The fraction of sp³-hybridized carbons (Fsp3) is 0.478. The van der Waals surface area contributed by atoms with Crippen LogP contribution in [0.5, 0.6) is 0 Å². The van der Waals surface area contributed by atoms with Gasteiger partial charge in [0.05, 0.1) is 11.2 Å². The van der Waals surface area contributed by atoms with Crippen molar-refractivity contribution in [2.75, 3.05) is 13.2 Å². The van der Waals surface area contributed by atoms with Crippen LogP contribution in [0.1, 0.15) is 44.2 Å². The lowest BCUT2D eigenvalue weighted by Gasteiger charge is -2.44. The molecule has 2 aromatic carbocycles. The van der Waals surface area contributed by atoms with Crippen molar-refractivity contribution in [1.29, 1.82) is 0 Å². The zero-order valence-corrected chi connectivity index (χ0v) is 16.2. The summed E-state index contributed by atoms with van der Waals surface area (Å²) in [6, 6.07) is 16.5. The van der Waals surface area contributed by atoms with Crippen molar-refractivity contribution in [1.82, 2.24) is 5.32 Å². The predicted octanol–water partition coefficient (Wildman–Crippen LogP) is 4.40. The average molecular weight is 371 g/mol. The predicted molar refractivity (Wildman–Crippen MR) is 106 cm³/mol. The maximum atomic E-state index is 13.4. The molecule has 0 saturated carbocycles. The van der Waals surface area contributed by atoms with Crippen LogP contribution in [0.15, 0.2) is 54.6 Å². The van der Waals surface area contributed by atoms with E-state index >= 15 is 0 Å². The zero-order valence-electron chi connectivity index (χ0n) is 16.2. The molecule has 1 aliphatic rings. The summed E-state index contributed by atoms with van der Waals surface area (Å²) in [5, 5.41) is 15.1. The Morgan fingerprint density at radius 1 is 1.15 bits per heavy atom. The number of hydrogen-bond acceptors (Lipinski definition) is 3. The van der Waals surface area contributed by atoms with E-state index in [1.54, 1.807) is 12.1 Å². The first-order chi connectivity index (χ1) is 12.9. The molecule has 1 heterocycles. The molecule has 146 valence electrons. The van der Waals surface area contributed by atoms with E-state index in [0.717, 1.165) is 24.9 Å². The van der Waals surface area contributed by atoms with E-state index in [2.05, 4.69) is 31.3 Å². The quantitative estimate of drug-likeness (QED) is 0.709. The van der Waals surface area contributed by atoms with Gasteiger partial charge in [0.25, 0.3) is 0 Å². The van der Waals surface area contributed by atoms with E-state index < -0.39 is 5.60 Å². The number of benzene rings is 2. The maximum absolute atomic E-state index is 13.4. The van der Waals surface area contributed by atoms with Gasteiger partial charge in [-0.3, -0.25) is 0 Å². The molecule has 2 unspecified atom stereocenters. The average Bonchev–Trinajstić information content (AvgIpc) is 2.65. The maximum Gasteiger partial charge on any atom is 0.123 e. The van der Waals surface area contributed by atoms with Crippen molar-refractivity contribution >= 4 is 0 Å². The van der Waals surface area contributed by atoms with Gasteiger partial charge in [-0.2, -0.15) is 0 Å². The smallest absolute Gasteiger partial charge is 0.123 e. The highest BCUT2D eigenvalue weighted by atomic mass is 19.1. The molecule has 27 heavy (non-hydrogen) atoms. The summed E-state index contributed by atoms with van der Waals surface area (Å²) in [6.45, 7) is 6.22. The molecular weight excluding hydrogens is 341 g/mol. The monoisotopic (exact) mass is 371 g/mol. The van der Waals surface area contributed by atoms with Gasteiger partial charge in [0.15, 0.2) is 0 Å². The molecule has 1 fully saturated rings. The van der Waals surface area contributed by atoms with Gasteiger partial charge in [-0.15, -0.1) is 0 Å². The lowest BCUT2D eigenvalue weighted by molar-refractivity contribution is -0.134. The van der Waals surface area contributed by atoms with E-state index in [9.17, 15) is 9.50 Å². The normalized spacial score (nSPS) is 21.6. The number of ether oxygens (including phenoxy) is 1. The van der Waals surface area contributed by atoms with E-state index in [0.29, 0.717) is 19.6 Å². The highest BCUT2D eigenvalue weighted by Crippen LogP contribution is 2.42. The van der Waals surface area contributed by atoms with Gasteiger partial charge in [0.1, 0.15) is 5.82 Å². The van der Waals surface area contributed by atoms with E-state index in [-0.39, 0.29) is 17.3 Å². The molecule has 2 atom stereocenters. The van der Waals surface area contributed by atoms with Crippen molar-refractivity contribution in [2.24, 2.45) is 5.92 Å². The van der Waals surface area contributed by atoms with Crippen molar-refractivity contribution in [3.63, 3.8) is 0 Å². The van der Waals surface area contributed by atoms with Crippen molar-refractivity contribution in [2.45, 2.75) is 50.9 Å². The first kappa shape index (κ1) is 20.0. The molecule has 1 saturated heterocycles. The van der Waals surface area contributed by atoms with E-state index in [4.69, 9.17) is 4.74 Å². The standard InChI is InChI=1S/C23H30FNO2/c1-22(2)16-20(12-15-27-22)23(26,19-8-10-21(24)11-9-19)13-14-25-17-18-6-4-3-5-7-18/h3-11,20,25-26H,12-17H2,1-2H3. The highest BCUT2D eigenvalue weighted by Gasteiger charge is 2.43.